The summed E-state index contributed by atoms with van der Waals surface area (Å²) in [6.07, 6.45) is 0. The fraction of sp³-hybridized carbons (Fsp3) is 0.158. The molecule has 0 aliphatic heterocycles. The summed E-state index contributed by atoms with van der Waals surface area (Å²) in [6.45, 7) is 1.75. The van der Waals surface area contributed by atoms with Crippen LogP contribution in [0.1, 0.15) is 32.4 Å². The first-order valence-corrected chi connectivity index (χ1v) is 8.07. The van der Waals surface area contributed by atoms with Crippen LogP contribution in [0.25, 0.3) is 0 Å². The zero-order valence-corrected chi connectivity index (χ0v) is 14.8. The minimum atomic E-state index is -0.481. The number of nitrogens with one attached hydrogen (secondary N) is 1. The number of para-hydroxylation sites is 1. The number of rotatable bonds is 6. The van der Waals surface area contributed by atoms with Gasteiger partial charge in [-0.3, -0.25) is 4.79 Å². The molecule has 0 aliphatic carbocycles. The Morgan fingerprint density at radius 2 is 1.96 bits per heavy atom. The van der Waals surface area contributed by atoms with Crippen molar-refractivity contribution in [3.05, 3.63) is 71.4 Å². The highest BCUT2D eigenvalue weighted by atomic mass is 16.5. The number of hydrogen-bond donors (Lipinski definition) is 1. The van der Waals surface area contributed by atoms with E-state index >= 15 is 0 Å². The fourth-order valence-corrected chi connectivity index (χ4v) is 2.36. The number of carbonyl (C=O) groups excluding carboxylic acids is 2. The third-order valence-corrected chi connectivity index (χ3v) is 3.60. The number of benzene rings is 2. The van der Waals surface area contributed by atoms with Gasteiger partial charge in [0.05, 0.1) is 18.2 Å². The number of aryl methyl sites for hydroxylation is 1. The monoisotopic (exact) mass is 367 g/mol. The lowest BCUT2D eigenvalue weighted by molar-refractivity contribution is 0.0600. The highest BCUT2D eigenvalue weighted by Gasteiger charge is 2.14. The first kappa shape index (κ1) is 18.1. The summed E-state index contributed by atoms with van der Waals surface area (Å²) >= 11 is 0. The van der Waals surface area contributed by atoms with Gasteiger partial charge in [0, 0.05) is 12.6 Å². The minimum Gasteiger partial charge on any atom is -0.485 e. The van der Waals surface area contributed by atoms with E-state index in [4.69, 9.17) is 9.26 Å². The van der Waals surface area contributed by atoms with E-state index in [0.29, 0.717) is 34.3 Å². The van der Waals surface area contributed by atoms with Crippen LogP contribution in [0.5, 0.6) is 5.75 Å². The van der Waals surface area contributed by atoms with Crippen LogP contribution < -0.4 is 10.1 Å². The van der Waals surface area contributed by atoms with Crippen LogP contribution in [-0.2, 0) is 11.3 Å². The Morgan fingerprint density at radius 1 is 1.15 bits per heavy atom. The molecule has 0 bridgehead atoms. The SMILES string of the molecule is COC(=O)c1cccc(NC(=O)c2ccccc2OCc2noc(C)n2)c1. The van der Waals surface area contributed by atoms with Crippen LogP contribution >= 0.6 is 0 Å². The predicted octanol–water partition coefficient (Wildman–Crippen LogP) is 3.00. The molecule has 0 aliphatic rings. The second kappa shape index (κ2) is 8.13. The number of esters is 1. The van der Waals surface area contributed by atoms with E-state index in [0.717, 1.165) is 0 Å². The Bertz CT molecular complexity index is 967. The molecule has 3 rings (SSSR count). The van der Waals surface area contributed by atoms with E-state index in [9.17, 15) is 9.59 Å². The molecule has 0 radical (unpaired) electrons. The van der Waals surface area contributed by atoms with E-state index in [1.54, 1.807) is 49.4 Å². The zero-order valence-electron chi connectivity index (χ0n) is 14.8. The predicted molar refractivity (Wildman–Crippen MR) is 95.5 cm³/mol. The molecule has 0 saturated heterocycles. The Hall–Kier alpha value is -3.68. The van der Waals surface area contributed by atoms with Crippen molar-refractivity contribution in [1.82, 2.24) is 10.1 Å². The molecule has 138 valence electrons. The van der Waals surface area contributed by atoms with Crippen molar-refractivity contribution in [1.29, 1.82) is 0 Å². The summed E-state index contributed by atoms with van der Waals surface area (Å²) in [4.78, 5) is 28.3. The fourth-order valence-electron chi connectivity index (χ4n) is 2.36. The standard InChI is InChI=1S/C19H17N3O5/c1-12-20-17(22-27-12)11-26-16-9-4-3-8-15(16)18(23)21-14-7-5-6-13(10-14)19(24)25-2/h3-10H,11H2,1-2H3,(H,21,23). The molecule has 0 atom stereocenters. The minimum absolute atomic E-state index is 0.0689. The molecular weight excluding hydrogens is 350 g/mol. The van der Waals surface area contributed by atoms with E-state index in [1.807, 2.05) is 0 Å². The number of hydrogen-bond acceptors (Lipinski definition) is 7. The molecule has 0 saturated carbocycles. The van der Waals surface area contributed by atoms with Crippen molar-refractivity contribution in [3.63, 3.8) is 0 Å². The number of ether oxygens (including phenoxy) is 2. The maximum absolute atomic E-state index is 12.6. The van der Waals surface area contributed by atoms with Gasteiger partial charge in [-0.1, -0.05) is 23.4 Å². The average Bonchev–Trinajstić information content (AvgIpc) is 3.11. The second-order valence-corrected chi connectivity index (χ2v) is 5.54. The van der Waals surface area contributed by atoms with Gasteiger partial charge in [0.25, 0.3) is 5.91 Å². The molecule has 0 unspecified atom stereocenters. The van der Waals surface area contributed by atoms with Crippen molar-refractivity contribution < 1.29 is 23.6 Å². The van der Waals surface area contributed by atoms with Crippen molar-refractivity contribution in [2.24, 2.45) is 0 Å². The van der Waals surface area contributed by atoms with Gasteiger partial charge in [-0.15, -0.1) is 0 Å². The van der Waals surface area contributed by atoms with Gasteiger partial charge in [-0.25, -0.2) is 4.79 Å². The molecule has 1 N–H and O–H groups in total. The maximum Gasteiger partial charge on any atom is 0.337 e. The average molecular weight is 367 g/mol. The molecule has 2 aromatic carbocycles. The topological polar surface area (TPSA) is 104 Å². The quantitative estimate of drug-likeness (QED) is 0.668. The van der Waals surface area contributed by atoms with Gasteiger partial charge >= 0.3 is 5.97 Å². The van der Waals surface area contributed by atoms with E-state index in [-0.39, 0.29) is 12.5 Å². The maximum atomic E-state index is 12.6. The number of nitrogens with zero attached hydrogens (tertiary/aromatic N) is 2. The highest BCUT2D eigenvalue weighted by molar-refractivity contribution is 6.06. The number of amides is 1. The Kier molecular flexibility index (Phi) is 5.46. The zero-order chi connectivity index (χ0) is 19.2. The molecule has 1 heterocycles. The summed E-state index contributed by atoms with van der Waals surface area (Å²) in [5.41, 5.74) is 1.14. The lowest BCUT2D eigenvalue weighted by Crippen LogP contribution is -2.14. The van der Waals surface area contributed by atoms with Gasteiger partial charge in [0.2, 0.25) is 11.7 Å². The normalized spacial score (nSPS) is 10.3. The Labute approximate surface area is 155 Å². The number of anilines is 1. The molecule has 1 aromatic heterocycles. The molecule has 27 heavy (non-hydrogen) atoms. The third kappa shape index (κ3) is 4.49. The Balaban J connectivity index is 1.74. The number of aromatic nitrogens is 2. The van der Waals surface area contributed by atoms with E-state index in [2.05, 4.69) is 20.2 Å². The van der Waals surface area contributed by atoms with Gasteiger partial charge < -0.3 is 19.3 Å². The van der Waals surface area contributed by atoms with Crippen LogP contribution in [0.15, 0.2) is 53.1 Å². The summed E-state index contributed by atoms with van der Waals surface area (Å²) in [5.74, 6) is 0.335. The summed E-state index contributed by atoms with van der Waals surface area (Å²) in [6, 6.07) is 13.3. The summed E-state index contributed by atoms with van der Waals surface area (Å²) < 4.78 is 15.2. The van der Waals surface area contributed by atoms with E-state index in [1.165, 1.54) is 13.2 Å². The number of carbonyl (C=O) groups is 2. The largest absolute Gasteiger partial charge is 0.485 e. The molecule has 8 nitrogen and oxygen atoms in total. The van der Waals surface area contributed by atoms with Gasteiger partial charge in [0.1, 0.15) is 5.75 Å². The molecule has 8 heteroatoms. The van der Waals surface area contributed by atoms with E-state index < -0.39 is 5.97 Å². The summed E-state index contributed by atoms with van der Waals surface area (Å²) in [7, 11) is 1.30. The Morgan fingerprint density at radius 3 is 2.70 bits per heavy atom. The molecular formula is C19H17N3O5. The van der Waals surface area contributed by atoms with Crippen LogP contribution in [0, 0.1) is 6.92 Å². The molecule has 0 spiro atoms. The van der Waals surface area contributed by atoms with Crippen molar-refractivity contribution in [2.45, 2.75) is 13.5 Å². The molecule has 0 fully saturated rings. The second-order valence-electron chi connectivity index (χ2n) is 5.54. The van der Waals surface area contributed by atoms with Gasteiger partial charge in [-0.05, 0) is 30.3 Å². The van der Waals surface area contributed by atoms with Crippen LogP contribution in [0.2, 0.25) is 0 Å². The molecule has 3 aromatic rings. The lowest BCUT2D eigenvalue weighted by atomic mass is 10.1. The third-order valence-electron chi connectivity index (χ3n) is 3.60. The number of methoxy groups -OCH3 is 1. The van der Waals surface area contributed by atoms with Gasteiger partial charge in [-0.2, -0.15) is 4.98 Å². The van der Waals surface area contributed by atoms with Crippen molar-refractivity contribution in [2.75, 3.05) is 12.4 Å². The smallest absolute Gasteiger partial charge is 0.337 e. The highest BCUT2D eigenvalue weighted by Crippen LogP contribution is 2.21. The van der Waals surface area contributed by atoms with Gasteiger partial charge in [0.15, 0.2) is 6.61 Å². The first-order valence-electron chi connectivity index (χ1n) is 8.07. The van der Waals surface area contributed by atoms with Crippen molar-refractivity contribution in [3.8, 4) is 5.75 Å². The summed E-state index contributed by atoms with van der Waals surface area (Å²) in [5, 5.41) is 6.50. The van der Waals surface area contributed by atoms with Crippen LogP contribution in [0.4, 0.5) is 5.69 Å². The lowest BCUT2D eigenvalue weighted by Gasteiger charge is -2.11. The molecule has 1 amide bonds. The van der Waals surface area contributed by atoms with Crippen LogP contribution in [-0.4, -0.2) is 29.1 Å². The first-order chi connectivity index (χ1) is 13.1. The van der Waals surface area contributed by atoms with Crippen molar-refractivity contribution >= 4 is 17.6 Å². The van der Waals surface area contributed by atoms with Crippen LogP contribution in [0.3, 0.4) is 0 Å².